The maximum Gasteiger partial charge on any atom is 0.301 e. The van der Waals surface area contributed by atoms with Crippen molar-refractivity contribution in [3.05, 3.63) is 70.5 Å². The van der Waals surface area contributed by atoms with E-state index in [-0.39, 0.29) is 51.7 Å². The molecule has 0 bridgehead atoms. The second-order valence-corrected chi connectivity index (χ2v) is 7.14. The maximum atomic E-state index is 13.3. The first-order chi connectivity index (χ1) is 14.4. The van der Waals surface area contributed by atoms with E-state index in [9.17, 15) is 24.2 Å². The standard InChI is InChI=1S/C20H14FN3O5S.HI/c1-29-14-8-11(4-7-13(14)25)16-15(17(26)10-2-5-12(21)6-3-10)18(27)19(28)24(16)20-23-22-9-30-20;/h2-9,16,25-26H,1H3;1H. The van der Waals surface area contributed by atoms with E-state index < -0.39 is 29.3 Å². The van der Waals surface area contributed by atoms with Gasteiger partial charge in [-0.2, -0.15) is 0 Å². The third-order valence-corrected chi connectivity index (χ3v) is 5.33. The van der Waals surface area contributed by atoms with Crippen molar-refractivity contribution in [2.75, 3.05) is 12.0 Å². The normalized spacial score (nSPS) is 17.5. The maximum absolute atomic E-state index is 13.3. The molecule has 2 aromatic carbocycles. The molecule has 1 aromatic heterocycles. The monoisotopic (exact) mass is 555 g/mol. The highest BCUT2D eigenvalue weighted by atomic mass is 127. The predicted molar refractivity (Wildman–Crippen MR) is 121 cm³/mol. The van der Waals surface area contributed by atoms with Crippen LogP contribution in [0.4, 0.5) is 9.52 Å². The van der Waals surface area contributed by atoms with Crippen molar-refractivity contribution in [2.24, 2.45) is 0 Å². The summed E-state index contributed by atoms with van der Waals surface area (Å²) in [4.78, 5) is 26.9. The number of ether oxygens (including phenoxy) is 1. The average molecular weight is 555 g/mol. The molecule has 0 radical (unpaired) electrons. The number of aliphatic hydroxyl groups is 1. The minimum atomic E-state index is -1.06. The summed E-state index contributed by atoms with van der Waals surface area (Å²) in [7, 11) is 1.36. The molecule has 2 N–H and O–H groups in total. The number of phenols is 1. The second-order valence-electron chi connectivity index (χ2n) is 6.33. The number of anilines is 1. The van der Waals surface area contributed by atoms with Gasteiger partial charge >= 0.3 is 5.91 Å². The molecular weight excluding hydrogens is 540 g/mol. The Morgan fingerprint density at radius 2 is 1.90 bits per heavy atom. The molecule has 3 aromatic rings. The number of hydrogen-bond acceptors (Lipinski definition) is 8. The molecule has 1 amide bonds. The molecule has 4 rings (SSSR count). The number of aromatic hydroxyl groups is 1. The quantitative estimate of drug-likeness (QED) is 0.219. The molecule has 1 aliphatic heterocycles. The van der Waals surface area contributed by atoms with Crippen LogP contribution in [0, 0.1) is 5.82 Å². The van der Waals surface area contributed by atoms with Gasteiger partial charge in [0.15, 0.2) is 11.5 Å². The number of aliphatic hydroxyl groups excluding tert-OH is 1. The van der Waals surface area contributed by atoms with Crippen LogP contribution in [0.1, 0.15) is 17.2 Å². The lowest BCUT2D eigenvalue weighted by atomic mass is 9.95. The molecule has 0 spiro atoms. The van der Waals surface area contributed by atoms with Crippen LogP contribution in [0.3, 0.4) is 0 Å². The topological polar surface area (TPSA) is 113 Å². The highest BCUT2D eigenvalue weighted by Crippen LogP contribution is 2.44. The Balaban J connectivity index is 0.00000272. The number of halogens is 2. The SMILES string of the molecule is COc1cc(C2C(=C(O)c3ccc(F)cc3)C(=O)C(=O)N2c2nncs2)ccc1O.I. The van der Waals surface area contributed by atoms with Crippen molar-refractivity contribution in [1.82, 2.24) is 10.2 Å². The molecule has 1 aliphatic rings. The molecule has 160 valence electrons. The Kier molecular flexibility index (Phi) is 6.55. The number of phenolic OH excluding ortho intramolecular Hbond substituents is 1. The highest BCUT2D eigenvalue weighted by molar-refractivity contribution is 14.0. The van der Waals surface area contributed by atoms with Crippen molar-refractivity contribution in [1.29, 1.82) is 0 Å². The van der Waals surface area contributed by atoms with E-state index in [0.717, 1.165) is 28.4 Å². The van der Waals surface area contributed by atoms with Crippen molar-refractivity contribution in [3.63, 3.8) is 0 Å². The van der Waals surface area contributed by atoms with E-state index >= 15 is 0 Å². The van der Waals surface area contributed by atoms with Crippen LogP contribution >= 0.6 is 35.3 Å². The molecule has 2 heterocycles. The number of nitrogens with zero attached hydrogens (tertiary/aromatic N) is 3. The number of ketones is 1. The van der Waals surface area contributed by atoms with Crippen LogP contribution in [0.5, 0.6) is 11.5 Å². The van der Waals surface area contributed by atoms with Crippen molar-refractivity contribution in [3.8, 4) is 11.5 Å². The second kappa shape index (κ2) is 8.98. The fourth-order valence-electron chi connectivity index (χ4n) is 3.24. The summed E-state index contributed by atoms with van der Waals surface area (Å²) in [5.74, 6) is -2.81. The van der Waals surface area contributed by atoms with Crippen molar-refractivity contribution in [2.45, 2.75) is 6.04 Å². The molecule has 11 heteroatoms. The van der Waals surface area contributed by atoms with Gasteiger partial charge in [0.25, 0.3) is 5.78 Å². The Morgan fingerprint density at radius 1 is 1.19 bits per heavy atom. The first kappa shape index (κ1) is 22.6. The summed E-state index contributed by atoms with van der Waals surface area (Å²) in [5, 5.41) is 28.6. The fraction of sp³-hybridized carbons (Fsp3) is 0.100. The molecular formula is C20H15FIN3O5S. The van der Waals surface area contributed by atoms with Crippen molar-refractivity contribution >= 4 is 57.9 Å². The molecule has 1 saturated heterocycles. The summed E-state index contributed by atoms with van der Waals surface area (Å²) >= 11 is 1.05. The van der Waals surface area contributed by atoms with E-state index in [1.807, 2.05) is 0 Å². The van der Waals surface area contributed by atoms with Gasteiger partial charge in [-0.05, 0) is 42.0 Å². The number of Topliss-reactive ketones (excluding diaryl/α,β-unsaturated/α-hetero) is 1. The molecule has 1 fully saturated rings. The fourth-order valence-corrected chi connectivity index (χ4v) is 3.83. The lowest BCUT2D eigenvalue weighted by molar-refractivity contribution is -0.132. The van der Waals surface area contributed by atoms with E-state index in [0.29, 0.717) is 5.56 Å². The smallest absolute Gasteiger partial charge is 0.301 e. The van der Waals surface area contributed by atoms with E-state index in [2.05, 4.69) is 10.2 Å². The van der Waals surface area contributed by atoms with Gasteiger partial charge in [0, 0.05) is 5.56 Å². The molecule has 1 unspecified atom stereocenters. The van der Waals surface area contributed by atoms with E-state index in [1.54, 1.807) is 0 Å². The van der Waals surface area contributed by atoms with Gasteiger partial charge in [-0.25, -0.2) is 4.39 Å². The largest absolute Gasteiger partial charge is 0.507 e. The number of rotatable bonds is 4. The average Bonchev–Trinajstić information content (AvgIpc) is 3.35. The predicted octanol–water partition coefficient (Wildman–Crippen LogP) is 3.64. The van der Waals surface area contributed by atoms with Crippen LogP contribution in [0.25, 0.3) is 5.76 Å². The summed E-state index contributed by atoms with van der Waals surface area (Å²) < 4.78 is 18.4. The van der Waals surface area contributed by atoms with Gasteiger partial charge in [0.2, 0.25) is 5.13 Å². The zero-order chi connectivity index (χ0) is 21.4. The van der Waals surface area contributed by atoms with Gasteiger partial charge < -0.3 is 14.9 Å². The van der Waals surface area contributed by atoms with Crippen LogP contribution in [-0.2, 0) is 9.59 Å². The molecule has 31 heavy (non-hydrogen) atoms. The number of methoxy groups -OCH3 is 1. The molecule has 0 saturated carbocycles. The van der Waals surface area contributed by atoms with E-state index in [1.165, 1.54) is 43.0 Å². The summed E-state index contributed by atoms with van der Waals surface area (Å²) in [6.07, 6.45) is 0. The Bertz CT molecular complexity index is 1170. The van der Waals surface area contributed by atoms with Crippen LogP contribution in [0.2, 0.25) is 0 Å². The first-order valence-electron chi connectivity index (χ1n) is 8.62. The lowest BCUT2D eigenvalue weighted by Crippen LogP contribution is -2.29. The number of hydrogen-bond donors (Lipinski definition) is 2. The number of aromatic nitrogens is 2. The molecule has 0 aliphatic carbocycles. The Labute approximate surface area is 196 Å². The first-order valence-corrected chi connectivity index (χ1v) is 9.50. The number of carbonyl (C=O) groups excluding carboxylic acids is 2. The molecule has 8 nitrogen and oxygen atoms in total. The van der Waals surface area contributed by atoms with Crippen LogP contribution < -0.4 is 9.64 Å². The zero-order valence-electron chi connectivity index (χ0n) is 15.9. The highest BCUT2D eigenvalue weighted by Gasteiger charge is 2.48. The van der Waals surface area contributed by atoms with E-state index in [4.69, 9.17) is 4.74 Å². The minimum Gasteiger partial charge on any atom is -0.507 e. The van der Waals surface area contributed by atoms with Crippen LogP contribution in [0.15, 0.2) is 53.5 Å². The van der Waals surface area contributed by atoms with Gasteiger partial charge in [-0.1, -0.05) is 17.4 Å². The Hall–Kier alpha value is -3.06. The summed E-state index contributed by atoms with van der Waals surface area (Å²) in [5.41, 5.74) is 1.77. The number of benzene rings is 2. The number of amides is 1. The third-order valence-electron chi connectivity index (χ3n) is 4.64. The van der Waals surface area contributed by atoms with Crippen LogP contribution in [-0.4, -0.2) is 39.2 Å². The van der Waals surface area contributed by atoms with Gasteiger partial charge in [0.1, 0.15) is 17.1 Å². The summed E-state index contributed by atoms with van der Waals surface area (Å²) in [6.45, 7) is 0. The number of carbonyl (C=O) groups is 2. The van der Waals surface area contributed by atoms with Gasteiger partial charge in [-0.15, -0.1) is 34.2 Å². The molecule has 1 atom stereocenters. The summed E-state index contributed by atoms with van der Waals surface area (Å²) in [6, 6.07) is 8.13. The third kappa shape index (κ3) is 3.97. The van der Waals surface area contributed by atoms with Gasteiger partial charge in [-0.3, -0.25) is 14.5 Å². The Morgan fingerprint density at radius 3 is 2.52 bits per heavy atom. The van der Waals surface area contributed by atoms with Crippen molar-refractivity contribution < 1.29 is 28.9 Å². The zero-order valence-corrected chi connectivity index (χ0v) is 19.0. The minimum absolute atomic E-state index is 0. The lowest BCUT2D eigenvalue weighted by Gasteiger charge is -2.23. The van der Waals surface area contributed by atoms with Gasteiger partial charge in [0.05, 0.1) is 18.7 Å².